The van der Waals surface area contributed by atoms with Crippen molar-refractivity contribution in [3.63, 3.8) is 0 Å². The van der Waals surface area contributed by atoms with E-state index in [2.05, 4.69) is 65.3 Å². The van der Waals surface area contributed by atoms with Gasteiger partial charge in [0.1, 0.15) is 5.54 Å². The van der Waals surface area contributed by atoms with Gasteiger partial charge in [-0.25, -0.2) is 0 Å². The molecule has 4 atom stereocenters. The van der Waals surface area contributed by atoms with Gasteiger partial charge < -0.3 is 9.80 Å². The maximum Gasteiger partial charge on any atom is 0.136 e. The van der Waals surface area contributed by atoms with Gasteiger partial charge in [0, 0.05) is 5.56 Å². The second-order valence-electron chi connectivity index (χ2n) is 6.39. The third kappa shape index (κ3) is 2.08. The lowest BCUT2D eigenvalue weighted by atomic mass is 9.71. The van der Waals surface area contributed by atoms with Crippen LogP contribution in [0.5, 0.6) is 0 Å². The van der Waals surface area contributed by atoms with Gasteiger partial charge in [0.25, 0.3) is 0 Å². The van der Waals surface area contributed by atoms with Crippen molar-refractivity contribution in [2.75, 3.05) is 27.7 Å². The van der Waals surface area contributed by atoms with Crippen LogP contribution in [0.3, 0.4) is 0 Å². The van der Waals surface area contributed by atoms with Crippen molar-refractivity contribution >= 4 is 0 Å². The first-order chi connectivity index (χ1) is 8.48. The number of benzene rings is 1. The molecule has 1 aliphatic heterocycles. The highest BCUT2D eigenvalue weighted by molar-refractivity contribution is 5.23. The van der Waals surface area contributed by atoms with E-state index < -0.39 is 0 Å². The highest BCUT2D eigenvalue weighted by atomic mass is 15.2. The molecule has 0 bridgehead atoms. The summed E-state index contributed by atoms with van der Waals surface area (Å²) in [5, 5.41) is 0. The Hall–Kier alpha value is -0.860. The predicted octanol–water partition coefficient (Wildman–Crippen LogP) is -0.0306. The topological polar surface area (TPSA) is 8.88 Å². The van der Waals surface area contributed by atoms with E-state index in [0.717, 1.165) is 6.04 Å². The van der Waals surface area contributed by atoms with E-state index >= 15 is 0 Å². The monoisotopic (exact) mass is 248 g/mol. The van der Waals surface area contributed by atoms with Crippen molar-refractivity contribution in [1.29, 1.82) is 0 Å². The molecule has 0 radical (unpaired) electrons. The van der Waals surface area contributed by atoms with Gasteiger partial charge in [0.05, 0.1) is 46.1 Å². The lowest BCUT2D eigenvalue weighted by molar-refractivity contribution is -0.974. The molecule has 1 aliphatic rings. The molecule has 18 heavy (non-hydrogen) atoms. The fourth-order valence-electron chi connectivity index (χ4n) is 3.84. The van der Waals surface area contributed by atoms with Crippen molar-refractivity contribution in [1.82, 2.24) is 0 Å². The number of piperidine rings is 1. The molecule has 0 aromatic heterocycles. The zero-order chi connectivity index (χ0) is 13.3. The average Bonchev–Trinajstić information content (AvgIpc) is 2.34. The summed E-state index contributed by atoms with van der Waals surface area (Å²) in [6, 6.07) is 11.9. The Kier molecular flexibility index (Phi) is 3.79. The summed E-state index contributed by atoms with van der Waals surface area (Å²) in [4.78, 5) is 3.25. The summed E-state index contributed by atoms with van der Waals surface area (Å²) < 4.78 is 0. The molecule has 2 rings (SSSR count). The van der Waals surface area contributed by atoms with Crippen LogP contribution in [0.15, 0.2) is 30.3 Å². The highest BCUT2D eigenvalue weighted by Crippen LogP contribution is 2.32. The summed E-state index contributed by atoms with van der Waals surface area (Å²) in [5.74, 6) is 0.709. The fourth-order valence-corrected chi connectivity index (χ4v) is 3.84. The van der Waals surface area contributed by atoms with E-state index in [-0.39, 0.29) is 5.54 Å². The van der Waals surface area contributed by atoms with Crippen LogP contribution in [-0.2, 0) is 5.54 Å². The van der Waals surface area contributed by atoms with Crippen LogP contribution in [0.1, 0.15) is 25.8 Å². The normalized spacial score (nSPS) is 36.9. The number of hydrogen-bond donors (Lipinski definition) is 2. The third-order valence-corrected chi connectivity index (χ3v) is 5.12. The minimum absolute atomic E-state index is 0.278. The number of nitrogens with one attached hydrogen (secondary N) is 2. The van der Waals surface area contributed by atoms with Gasteiger partial charge in [0.15, 0.2) is 0 Å². The van der Waals surface area contributed by atoms with Gasteiger partial charge in [-0.05, 0) is 6.92 Å². The van der Waals surface area contributed by atoms with Gasteiger partial charge in [-0.2, -0.15) is 0 Å². The number of hydrogen-bond acceptors (Lipinski definition) is 0. The van der Waals surface area contributed by atoms with Crippen LogP contribution < -0.4 is 9.80 Å². The van der Waals surface area contributed by atoms with E-state index in [4.69, 9.17) is 0 Å². The molecule has 1 aromatic carbocycles. The smallest absolute Gasteiger partial charge is 0.136 e. The highest BCUT2D eigenvalue weighted by Gasteiger charge is 2.51. The Balaban J connectivity index is 2.44. The average molecular weight is 248 g/mol. The molecule has 1 fully saturated rings. The first kappa shape index (κ1) is 13.6. The third-order valence-electron chi connectivity index (χ3n) is 5.12. The zero-order valence-corrected chi connectivity index (χ0v) is 12.5. The van der Waals surface area contributed by atoms with E-state index in [1.165, 1.54) is 18.5 Å². The minimum atomic E-state index is 0.278. The molecule has 1 heterocycles. The van der Waals surface area contributed by atoms with E-state index in [0.29, 0.717) is 5.92 Å². The fraction of sp³-hybridized carbons (Fsp3) is 0.625. The van der Waals surface area contributed by atoms with Crippen molar-refractivity contribution in [2.45, 2.75) is 31.8 Å². The first-order valence-electron chi connectivity index (χ1n) is 7.17. The van der Waals surface area contributed by atoms with Crippen LogP contribution >= 0.6 is 0 Å². The van der Waals surface area contributed by atoms with Gasteiger partial charge in [-0.1, -0.05) is 37.3 Å². The van der Waals surface area contributed by atoms with Crippen LogP contribution in [0.4, 0.5) is 0 Å². The SMILES string of the molecule is C[C@@H]1C[NH+](C)[C@@H](C)C[C@@]1(c1ccccc1)[NH+](C)C. The minimum Gasteiger partial charge on any atom is -0.335 e. The quantitative estimate of drug-likeness (QED) is 0.727. The maximum absolute atomic E-state index is 2.43. The van der Waals surface area contributed by atoms with Gasteiger partial charge in [0.2, 0.25) is 0 Å². The number of rotatable bonds is 2. The lowest BCUT2D eigenvalue weighted by Gasteiger charge is -2.48. The standard InChI is InChI=1S/C16H26N2/c1-13-12-18(5)14(2)11-16(13,17(3)4)15-9-7-6-8-10-15/h6-10,13-14H,11-12H2,1-5H3/p+2/t13-,14+,16-/m1/s1. The van der Waals surface area contributed by atoms with Gasteiger partial charge in [-0.15, -0.1) is 0 Å². The Morgan fingerprint density at radius 1 is 1.17 bits per heavy atom. The number of likely N-dealkylation sites (tertiary alicyclic amines) is 1. The molecule has 1 unspecified atom stereocenters. The van der Waals surface area contributed by atoms with E-state index in [9.17, 15) is 0 Å². The van der Waals surface area contributed by atoms with Crippen molar-refractivity contribution in [3.8, 4) is 0 Å². The zero-order valence-electron chi connectivity index (χ0n) is 12.5. The lowest BCUT2D eigenvalue weighted by Crippen LogP contribution is -3.22. The van der Waals surface area contributed by atoms with Crippen LogP contribution in [0.2, 0.25) is 0 Å². The van der Waals surface area contributed by atoms with E-state index in [1.807, 2.05) is 0 Å². The molecule has 1 aromatic rings. The maximum atomic E-state index is 2.43. The molecular formula is C16H28N2+2. The predicted molar refractivity (Wildman–Crippen MR) is 75.9 cm³/mol. The first-order valence-corrected chi connectivity index (χ1v) is 7.17. The summed E-state index contributed by atoms with van der Waals surface area (Å²) in [6.45, 7) is 6.08. The van der Waals surface area contributed by atoms with Crippen molar-refractivity contribution < 1.29 is 9.80 Å². The molecular weight excluding hydrogens is 220 g/mol. The van der Waals surface area contributed by atoms with Crippen molar-refractivity contribution in [2.24, 2.45) is 5.92 Å². The molecule has 0 saturated carbocycles. The Bertz CT molecular complexity index is 387. The van der Waals surface area contributed by atoms with E-state index in [1.54, 1.807) is 9.80 Å². The largest absolute Gasteiger partial charge is 0.335 e. The van der Waals surface area contributed by atoms with Crippen LogP contribution in [0, 0.1) is 5.92 Å². The molecule has 2 heteroatoms. The second kappa shape index (κ2) is 5.02. The van der Waals surface area contributed by atoms with Gasteiger partial charge in [-0.3, -0.25) is 0 Å². The second-order valence-corrected chi connectivity index (χ2v) is 6.39. The Labute approximate surface area is 112 Å². The van der Waals surface area contributed by atoms with Crippen LogP contribution in [-0.4, -0.2) is 33.7 Å². The molecule has 0 aliphatic carbocycles. The molecule has 2 N–H and O–H groups in total. The Morgan fingerprint density at radius 2 is 1.78 bits per heavy atom. The summed E-state index contributed by atoms with van der Waals surface area (Å²) in [6.07, 6.45) is 1.27. The molecule has 100 valence electrons. The summed E-state index contributed by atoms with van der Waals surface area (Å²) >= 11 is 0. The van der Waals surface area contributed by atoms with Gasteiger partial charge >= 0.3 is 0 Å². The summed E-state index contributed by atoms with van der Waals surface area (Å²) in [5.41, 5.74) is 1.79. The number of quaternary nitrogens is 2. The Morgan fingerprint density at radius 3 is 2.33 bits per heavy atom. The molecule has 1 saturated heterocycles. The van der Waals surface area contributed by atoms with Crippen molar-refractivity contribution in [3.05, 3.63) is 35.9 Å². The van der Waals surface area contributed by atoms with Crippen LogP contribution in [0.25, 0.3) is 0 Å². The summed E-state index contributed by atoms with van der Waals surface area (Å²) in [7, 11) is 6.97. The molecule has 2 nitrogen and oxygen atoms in total. The molecule has 0 spiro atoms. The molecule has 0 amide bonds.